The van der Waals surface area contributed by atoms with Gasteiger partial charge in [0.25, 0.3) is 5.91 Å². The van der Waals surface area contributed by atoms with Gasteiger partial charge in [-0.2, -0.15) is 0 Å². The van der Waals surface area contributed by atoms with Crippen LogP contribution in [-0.2, 0) is 0 Å². The number of nitrogens with zero attached hydrogens (tertiary/aromatic N) is 1. The molecule has 0 saturated carbocycles. The highest BCUT2D eigenvalue weighted by molar-refractivity contribution is 9.10. The fourth-order valence-corrected chi connectivity index (χ4v) is 1.85. The van der Waals surface area contributed by atoms with Crippen molar-refractivity contribution in [2.75, 3.05) is 6.54 Å². The summed E-state index contributed by atoms with van der Waals surface area (Å²) in [5.41, 5.74) is 0.531. The molecule has 1 amide bonds. The number of amides is 1. The summed E-state index contributed by atoms with van der Waals surface area (Å²) in [5.74, 6) is 0.216. The molecule has 1 aromatic heterocycles. The summed E-state index contributed by atoms with van der Waals surface area (Å²) in [4.78, 5) is 15.7. The lowest BCUT2D eigenvalue weighted by atomic mass is 10.1. The van der Waals surface area contributed by atoms with E-state index in [-0.39, 0.29) is 12.5 Å². The number of carbonyl (C=O) groups excluding carboxylic acids is 1. The molecular weight excluding hydrogens is 284 g/mol. The van der Waals surface area contributed by atoms with Crippen LogP contribution < -0.4 is 5.32 Å². The third-order valence-electron chi connectivity index (χ3n) is 2.23. The Morgan fingerprint density at radius 2 is 2.29 bits per heavy atom. The molecule has 2 N–H and O–H groups in total. The van der Waals surface area contributed by atoms with Gasteiger partial charge in [0.2, 0.25) is 0 Å². The number of aliphatic hydroxyl groups is 1. The Morgan fingerprint density at radius 1 is 1.59 bits per heavy atom. The van der Waals surface area contributed by atoms with Gasteiger partial charge in [0.15, 0.2) is 0 Å². The molecule has 1 unspecified atom stereocenters. The number of aliphatic hydroxyl groups excluding tert-OH is 1. The van der Waals surface area contributed by atoms with E-state index in [2.05, 4.69) is 26.2 Å². The highest BCUT2D eigenvalue weighted by Gasteiger charge is 2.10. The summed E-state index contributed by atoms with van der Waals surface area (Å²) in [7, 11) is 0. The van der Waals surface area contributed by atoms with E-state index < -0.39 is 6.10 Å². The number of halogens is 1. The van der Waals surface area contributed by atoms with Crippen molar-refractivity contribution in [2.24, 2.45) is 5.92 Å². The molecule has 1 heterocycles. The first-order chi connectivity index (χ1) is 7.99. The van der Waals surface area contributed by atoms with Crippen molar-refractivity contribution in [1.82, 2.24) is 10.3 Å². The van der Waals surface area contributed by atoms with Gasteiger partial charge in [-0.3, -0.25) is 4.79 Å². The molecule has 4 nitrogen and oxygen atoms in total. The van der Waals surface area contributed by atoms with Gasteiger partial charge in [0.1, 0.15) is 4.60 Å². The summed E-state index contributed by atoms with van der Waals surface area (Å²) in [6, 6.07) is 3.28. The Hall–Kier alpha value is -0.940. The molecule has 0 bridgehead atoms. The van der Waals surface area contributed by atoms with Gasteiger partial charge in [-0.25, -0.2) is 4.98 Å². The van der Waals surface area contributed by atoms with E-state index in [0.29, 0.717) is 22.5 Å². The van der Waals surface area contributed by atoms with Crippen molar-refractivity contribution in [2.45, 2.75) is 26.4 Å². The third kappa shape index (κ3) is 5.28. The zero-order chi connectivity index (χ0) is 12.8. The molecule has 1 aromatic rings. The standard InChI is InChI=1S/C12H17BrN2O2/c1-8(2)5-10(16)7-15-12(17)9-3-4-14-11(13)6-9/h3-4,6,8,10,16H,5,7H2,1-2H3,(H,15,17). The summed E-state index contributed by atoms with van der Waals surface area (Å²) in [6.45, 7) is 4.34. The Morgan fingerprint density at radius 3 is 2.88 bits per heavy atom. The maximum atomic E-state index is 11.7. The second kappa shape index (κ2) is 6.71. The number of rotatable bonds is 5. The van der Waals surface area contributed by atoms with Crippen LogP contribution in [0, 0.1) is 5.92 Å². The largest absolute Gasteiger partial charge is 0.391 e. The Balaban J connectivity index is 2.45. The Labute approximate surface area is 110 Å². The van der Waals surface area contributed by atoms with Gasteiger partial charge in [0, 0.05) is 18.3 Å². The summed E-state index contributed by atoms with van der Waals surface area (Å²) >= 11 is 3.20. The molecule has 0 fully saturated rings. The third-order valence-corrected chi connectivity index (χ3v) is 2.66. The average Bonchev–Trinajstić information content (AvgIpc) is 2.25. The van der Waals surface area contributed by atoms with Crippen molar-refractivity contribution in [1.29, 1.82) is 0 Å². The SMILES string of the molecule is CC(C)CC(O)CNC(=O)c1ccnc(Br)c1. The first-order valence-electron chi connectivity index (χ1n) is 5.57. The average molecular weight is 301 g/mol. The predicted molar refractivity (Wildman–Crippen MR) is 69.7 cm³/mol. The van der Waals surface area contributed by atoms with Crippen LogP contribution in [0.1, 0.15) is 30.6 Å². The molecule has 1 atom stereocenters. The maximum absolute atomic E-state index is 11.7. The number of carbonyl (C=O) groups is 1. The van der Waals surface area contributed by atoms with Crippen molar-refractivity contribution >= 4 is 21.8 Å². The summed E-state index contributed by atoms with van der Waals surface area (Å²) < 4.78 is 0.618. The lowest BCUT2D eigenvalue weighted by Crippen LogP contribution is -2.32. The van der Waals surface area contributed by atoms with Crippen molar-refractivity contribution in [3.8, 4) is 0 Å². The minimum absolute atomic E-state index is 0.198. The molecule has 94 valence electrons. The number of hydrogen-bond donors (Lipinski definition) is 2. The number of hydrogen-bond acceptors (Lipinski definition) is 3. The van der Waals surface area contributed by atoms with Crippen molar-refractivity contribution in [3.63, 3.8) is 0 Å². The fourth-order valence-electron chi connectivity index (χ4n) is 1.48. The van der Waals surface area contributed by atoms with Gasteiger partial charge >= 0.3 is 0 Å². The van der Waals surface area contributed by atoms with Crippen LogP contribution in [0.25, 0.3) is 0 Å². The minimum atomic E-state index is -0.496. The van der Waals surface area contributed by atoms with Crippen molar-refractivity contribution in [3.05, 3.63) is 28.5 Å². The predicted octanol–water partition coefficient (Wildman–Crippen LogP) is 1.98. The van der Waals surface area contributed by atoms with Gasteiger partial charge < -0.3 is 10.4 Å². The lowest BCUT2D eigenvalue weighted by Gasteiger charge is -2.13. The number of pyridine rings is 1. The van der Waals surface area contributed by atoms with Crippen LogP contribution in [0.15, 0.2) is 22.9 Å². The van der Waals surface area contributed by atoms with Crippen LogP contribution in [0.4, 0.5) is 0 Å². The summed E-state index contributed by atoms with van der Waals surface area (Å²) in [5, 5.41) is 12.3. The smallest absolute Gasteiger partial charge is 0.251 e. The molecule has 0 aliphatic heterocycles. The highest BCUT2D eigenvalue weighted by atomic mass is 79.9. The molecule has 0 saturated heterocycles. The molecule has 0 spiro atoms. The van der Waals surface area contributed by atoms with Crippen molar-refractivity contribution < 1.29 is 9.90 Å². The highest BCUT2D eigenvalue weighted by Crippen LogP contribution is 2.08. The van der Waals surface area contributed by atoms with E-state index in [4.69, 9.17) is 0 Å². The van der Waals surface area contributed by atoms with Crippen LogP contribution in [0.5, 0.6) is 0 Å². The van der Waals surface area contributed by atoms with Crippen LogP contribution in [0.2, 0.25) is 0 Å². The van der Waals surface area contributed by atoms with Gasteiger partial charge in [-0.1, -0.05) is 13.8 Å². The minimum Gasteiger partial charge on any atom is -0.391 e. The summed E-state index contributed by atoms with van der Waals surface area (Å²) in [6.07, 6.45) is 1.74. The molecule has 1 rings (SSSR count). The van der Waals surface area contributed by atoms with E-state index >= 15 is 0 Å². The number of aromatic nitrogens is 1. The monoisotopic (exact) mass is 300 g/mol. The maximum Gasteiger partial charge on any atom is 0.251 e. The Kier molecular flexibility index (Phi) is 5.58. The van der Waals surface area contributed by atoms with E-state index in [1.807, 2.05) is 13.8 Å². The molecular formula is C12H17BrN2O2. The van der Waals surface area contributed by atoms with E-state index in [1.165, 1.54) is 0 Å². The molecule has 0 aliphatic carbocycles. The first-order valence-corrected chi connectivity index (χ1v) is 6.36. The lowest BCUT2D eigenvalue weighted by molar-refractivity contribution is 0.0900. The first kappa shape index (κ1) is 14.1. The molecule has 0 aromatic carbocycles. The molecule has 17 heavy (non-hydrogen) atoms. The topological polar surface area (TPSA) is 62.2 Å². The van der Waals surface area contributed by atoms with Gasteiger partial charge in [-0.15, -0.1) is 0 Å². The fraction of sp³-hybridized carbons (Fsp3) is 0.500. The quantitative estimate of drug-likeness (QED) is 0.818. The molecule has 5 heteroatoms. The van der Waals surface area contributed by atoms with Crippen LogP contribution in [-0.4, -0.2) is 28.6 Å². The Bertz CT molecular complexity index is 383. The van der Waals surface area contributed by atoms with E-state index in [1.54, 1.807) is 18.3 Å². The normalized spacial score (nSPS) is 12.5. The zero-order valence-corrected chi connectivity index (χ0v) is 11.6. The van der Waals surface area contributed by atoms with E-state index in [0.717, 1.165) is 0 Å². The van der Waals surface area contributed by atoms with Crippen LogP contribution >= 0.6 is 15.9 Å². The van der Waals surface area contributed by atoms with E-state index in [9.17, 15) is 9.90 Å². The molecule has 0 radical (unpaired) electrons. The van der Waals surface area contributed by atoms with Crippen LogP contribution in [0.3, 0.4) is 0 Å². The number of nitrogens with one attached hydrogen (secondary N) is 1. The molecule has 0 aliphatic rings. The second-order valence-electron chi connectivity index (χ2n) is 4.36. The van der Waals surface area contributed by atoms with Gasteiger partial charge in [-0.05, 0) is 40.4 Å². The second-order valence-corrected chi connectivity index (χ2v) is 5.17. The zero-order valence-electron chi connectivity index (χ0n) is 9.98. The van der Waals surface area contributed by atoms with Gasteiger partial charge in [0.05, 0.1) is 6.10 Å².